The second-order valence-electron chi connectivity index (χ2n) is 9.24. The summed E-state index contributed by atoms with van der Waals surface area (Å²) >= 11 is 0. The third-order valence-corrected chi connectivity index (χ3v) is 5.96. The van der Waals surface area contributed by atoms with E-state index < -0.39 is 30.8 Å². The number of rotatable bonds is 23. The number of unbranched alkanes of at least 4 members (excludes halogenated alkanes) is 10. The second kappa shape index (κ2) is 25.4. The molecule has 1 amide bonds. The van der Waals surface area contributed by atoms with Gasteiger partial charge in [0.2, 0.25) is 5.91 Å². The minimum Gasteiger partial charge on any atom is -0.394 e. The average molecular weight is 492 g/mol. The highest BCUT2D eigenvalue weighted by molar-refractivity contribution is 5.80. The van der Waals surface area contributed by atoms with E-state index >= 15 is 0 Å². The summed E-state index contributed by atoms with van der Waals surface area (Å²) in [6.45, 7) is 3.86. The fourth-order valence-electron chi connectivity index (χ4n) is 3.68. The van der Waals surface area contributed by atoms with Gasteiger partial charge in [-0.3, -0.25) is 4.79 Å². The van der Waals surface area contributed by atoms with Gasteiger partial charge < -0.3 is 20.6 Å². The number of nitrogens with one attached hydrogen (secondary N) is 1. The molecule has 35 heavy (non-hydrogen) atoms. The largest absolute Gasteiger partial charge is 0.394 e. The standard InChI is InChI=1S/C30H53NO4/c1-3-5-7-9-11-13-14-15-17-19-21-23-25-29(34)30(35)31-27(26-32)28(33)24-22-20-18-16-12-10-8-6-4-2/h4,6,12,15-17,22,24,27-29,32-34H,3,5,7-11,13-14,18-21,23,25-26H2,1-2H3,(H,31,35)/b6-4+,16-12+,17-15-,24-22+. The van der Waals surface area contributed by atoms with Gasteiger partial charge in [-0.2, -0.15) is 0 Å². The van der Waals surface area contributed by atoms with Crippen LogP contribution < -0.4 is 5.32 Å². The smallest absolute Gasteiger partial charge is 0.249 e. The molecule has 0 aromatic carbocycles. The van der Waals surface area contributed by atoms with Crippen molar-refractivity contribution in [3.63, 3.8) is 0 Å². The third kappa shape index (κ3) is 21.3. The summed E-state index contributed by atoms with van der Waals surface area (Å²) in [6, 6.07) is -0.824. The Labute approximate surface area is 215 Å². The Balaban J connectivity index is 3.97. The molecule has 0 spiro atoms. The van der Waals surface area contributed by atoms with Crippen molar-refractivity contribution >= 4 is 5.91 Å². The summed E-state index contributed by atoms with van der Waals surface area (Å²) in [6.07, 6.45) is 29.9. The summed E-state index contributed by atoms with van der Waals surface area (Å²) in [7, 11) is 0. The number of carbonyl (C=O) groups is 1. The molecule has 3 atom stereocenters. The number of carbonyl (C=O) groups excluding carboxylic acids is 1. The Bertz CT molecular complexity index is 597. The second-order valence-corrected chi connectivity index (χ2v) is 9.24. The van der Waals surface area contributed by atoms with Gasteiger partial charge in [-0.15, -0.1) is 0 Å². The zero-order chi connectivity index (χ0) is 26.0. The van der Waals surface area contributed by atoms with Crippen molar-refractivity contribution in [2.24, 2.45) is 0 Å². The summed E-state index contributed by atoms with van der Waals surface area (Å²) in [5, 5.41) is 32.5. The van der Waals surface area contributed by atoms with Crippen LogP contribution in [0, 0.1) is 0 Å². The zero-order valence-corrected chi connectivity index (χ0v) is 22.4. The van der Waals surface area contributed by atoms with Crippen LogP contribution >= 0.6 is 0 Å². The third-order valence-electron chi connectivity index (χ3n) is 5.96. The zero-order valence-electron chi connectivity index (χ0n) is 22.4. The summed E-state index contributed by atoms with van der Waals surface area (Å²) in [4.78, 5) is 12.2. The van der Waals surface area contributed by atoms with Crippen LogP contribution in [-0.4, -0.2) is 46.1 Å². The van der Waals surface area contributed by atoms with E-state index in [9.17, 15) is 20.1 Å². The summed E-state index contributed by atoms with van der Waals surface area (Å²) in [5.74, 6) is -0.542. The van der Waals surface area contributed by atoms with Gasteiger partial charge >= 0.3 is 0 Å². The molecule has 0 heterocycles. The molecule has 3 unspecified atom stereocenters. The molecule has 0 fully saturated rings. The maximum atomic E-state index is 12.2. The molecular formula is C30H53NO4. The first kappa shape index (κ1) is 33.3. The number of allylic oxidation sites excluding steroid dienone is 7. The first-order valence-corrected chi connectivity index (χ1v) is 13.9. The lowest BCUT2D eigenvalue weighted by atomic mass is 10.1. The van der Waals surface area contributed by atoms with E-state index in [1.54, 1.807) is 6.08 Å². The fourth-order valence-corrected chi connectivity index (χ4v) is 3.68. The van der Waals surface area contributed by atoms with Crippen LogP contribution in [0.5, 0.6) is 0 Å². The summed E-state index contributed by atoms with van der Waals surface area (Å²) in [5.41, 5.74) is 0. The number of hydrogen-bond donors (Lipinski definition) is 4. The van der Waals surface area contributed by atoms with Crippen molar-refractivity contribution in [2.45, 2.75) is 128 Å². The maximum absolute atomic E-state index is 12.2. The molecule has 0 saturated carbocycles. The lowest BCUT2D eigenvalue weighted by molar-refractivity contribution is -0.131. The molecule has 0 rings (SSSR count). The molecule has 0 aliphatic rings. The molecule has 5 heteroatoms. The Morgan fingerprint density at radius 1 is 0.743 bits per heavy atom. The van der Waals surface area contributed by atoms with E-state index in [1.807, 2.05) is 19.1 Å². The normalized spacial score (nSPS) is 15.0. The average Bonchev–Trinajstić information content (AvgIpc) is 2.86. The van der Waals surface area contributed by atoms with E-state index in [0.29, 0.717) is 6.42 Å². The van der Waals surface area contributed by atoms with Crippen molar-refractivity contribution in [3.05, 3.63) is 48.6 Å². The molecule has 0 aliphatic carbocycles. The van der Waals surface area contributed by atoms with Gasteiger partial charge in [-0.25, -0.2) is 0 Å². The lowest BCUT2D eigenvalue weighted by Gasteiger charge is -2.21. The molecule has 0 aliphatic heterocycles. The number of aliphatic hydroxyl groups excluding tert-OH is 3. The summed E-state index contributed by atoms with van der Waals surface area (Å²) < 4.78 is 0. The highest BCUT2D eigenvalue weighted by atomic mass is 16.3. The molecule has 0 aromatic rings. The van der Waals surface area contributed by atoms with Crippen molar-refractivity contribution in [3.8, 4) is 0 Å². The molecule has 5 nitrogen and oxygen atoms in total. The Kier molecular flexibility index (Phi) is 24.2. The van der Waals surface area contributed by atoms with Crippen LogP contribution in [0.15, 0.2) is 48.6 Å². The van der Waals surface area contributed by atoms with Gasteiger partial charge in [0.15, 0.2) is 0 Å². The van der Waals surface area contributed by atoms with Crippen LogP contribution in [0.1, 0.15) is 110 Å². The Morgan fingerprint density at radius 2 is 1.29 bits per heavy atom. The van der Waals surface area contributed by atoms with E-state index in [0.717, 1.165) is 51.4 Å². The van der Waals surface area contributed by atoms with E-state index in [1.165, 1.54) is 38.5 Å². The van der Waals surface area contributed by atoms with Crippen molar-refractivity contribution in [1.29, 1.82) is 0 Å². The predicted octanol–water partition coefficient (Wildman–Crippen LogP) is 6.30. The molecule has 0 saturated heterocycles. The highest BCUT2D eigenvalue weighted by Gasteiger charge is 2.22. The van der Waals surface area contributed by atoms with Gasteiger partial charge in [0.1, 0.15) is 6.10 Å². The molecule has 4 N–H and O–H groups in total. The first-order valence-electron chi connectivity index (χ1n) is 13.9. The van der Waals surface area contributed by atoms with Crippen molar-refractivity contribution in [1.82, 2.24) is 5.32 Å². The van der Waals surface area contributed by atoms with Gasteiger partial charge in [-0.1, -0.05) is 94.1 Å². The van der Waals surface area contributed by atoms with Crippen LogP contribution in [0.3, 0.4) is 0 Å². The van der Waals surface area contributed by atoms with Gasteiger partial charge in [-0.05, 0) is 64.7 Å². The van der Waals surface area contributed by atoms with Gasteiger partial charge in [0.05, 0.1) is 18.8 Å². The van der Waals surface area contributed by atoms with Crippen LogP contribution in [-0.2, 0) is 4.79 Å². The van der Waals surface area contributed by atoms with E-state index in [4.69, 9.17) is 0 Å². The molecular weight excluding hydrogens is 438 g/mol. The number of amides is 1. The molecule has 202 valence electrons. The van der Waals surface area contributed by atoms with E-state index in [2.05, 4.69) is 42.6 Å². The molecule has 0 bridgehead atoms. The fraction of sp³-hybridized carbons (Fsp3) is 0.700. The monoisotopic (exact) mass is 491 g/mol. The highest BCUT2D eigenvalue weighted by Crippen LogP contribution is 2.09. The first-order chi connectivity index (χ1) is 17.1. The van der Waals surface area contributed by atoms with Gasteiger partial charge in [0.25, 0.3) is 0 Å². The van der Waals surface area contributed by atoms with Crippen LogP contribution in [0.2, 0.25) is 0 Å². The number of aliphatic hydroxyl groups is 3. The minimum atomic E-state index is -1.12. The predicted molar refractivity (Wildman–Crippen MR) is 148 cm³/mol. The van der Waals surface area contributed by atoms with Crippen LogP contribution in [0.4, 0.5) is 0 Å². The molecule has 0 aromatic heterocycles. The SMILES string of the molecule is C/C=C/CC/C=C/CC/C=C/C(O)C(CO)NC(=O)C(O)CCCC/C=C\CCCCCCCC. The maximum Gasteiger partial charge on any atom is 0.249 e. The van der Waals surface area contributed by atoms with Crippen LogP contribution in [0.25, 0.3) is 0 Å². The molecule has 0 radical (unpaired) electrons. The Hall–Kier alpha value is -1.69. The number of hydrogen-bond acceptors (Lipinski definition) is 4. The lowest BCUT2D eigenvalue weighted by Crippen LogP contribution is -2.48. The quantitative estimate of drug-likeness (QED) is 0.0997. The van der Waals surface area contributed by atoms with Crippen molar-refractivity contribution in [2.75, 3.05) is 6.61 Å². The topological polar surface area (TPSA) is 89.8 Å². The Morgan fingerprint density at radius 3 is 1.91 bits per heavy atom. The van der Waals surface area contributed by atoms with Crippen molar-refractivity contribution < 1.29 is 20.1 Å². The van der Waals surface area contributed by atoms with E-state index in [-0.39, 0.29) is 0 Å². The van der Waals surface area contributed by atoms with Gasteiger partial charge in [0, 0.05) is 0 Å². The minimum absolute atomic E-state index is 0.377.